The standard InChI is InChI=1S/C19H28N2O3S/c1-14-13-20(18(22)15-5-6-15)11-12-21(14)25(23,24)17-9-7-16(8-10-17)19(2,3)4/h7-10,14-15H,5-6,11-13H2,1-4H3. The van der Waals surface area contributed by atoms with E-state index in [2.05, 4.69) is 20.8 Å². The van der Waals surface area contributed by atoms with Gasteiger partial charge in [-0.05, 0) is 42.9 Å². The molecular formula is C19H28N2O3S. The van der Waals surface area contributed by atoms with E-state index in [0.717, 1.165) is 18.4 Å². The van der Waals surface area contributed by atoms with Gasteiger partial charge in [0.2, 0.25) is 15.9 Å². The number of hydrogen-bond acceptors (Lipinski definition) is 3. The Morgan fingerprint density at radius 1 is 1.08 bits per heavy atom. The fourth-order valence-electron chi connectivity index (χ4n) is 3.35. The van der Waals surface area contributed by atoms with Crippen molar-refractivity contribution in [2.75, 3.05) is 19.6 Å². The summed E-state index contributed by atoms with van der Waals surface area (Å²) in [6.07, 6.45) is 1.96. The van der Waals surface area contributed by atoms with Crippen molar-refractivity contribution in [1.29, 1.82) is 0 Å². The van der Waals surface area contributed by atoms with Gasteiger partial charge in [0.1, 0.15) is 0 Å². The number of hydrogen-bond donors (Lipinski definition) is 0. The molecule has 1 aromatic carbocycles. The highest BCUT2D eigenvalue weighted by Crippen LogP contribution is 2.32. The van der Waals surface area contributed by atoms with E-state index >= 15 is 0 Å². The van der Waals surface area contributed by atoms with Gasteiger partial charge in [-0.2, -0.15) is 4.31 Å². The predicted octanol–water partition coefficient (Wildman–Crippen LogP) is 2.62. The number of benzene rings is 1. The molecule has 2 aliphatic rings. The predicted molar refractivity (Wildman–Crippen MR) is 97.8 cm³/mol. The summed E-state index contributed by atoms with van der Waals surface area (Å²) < 4.78 is 27.5. The molecular weight excluding hydrogens is 336 g/mol. The van der Waals surface area contributed by atoms with Crippen molar-refractivity contribution in [2.24, 2.45) is 5.92 Å². The smallest absolute Gasteiger partial charge is 0.243 e. The molecule has 0 spiro atoms. The molecule has 0 N–H and O–H groups in total. The quantitative estimate of drug-likeness (QED) is 0.828. The monoisotopic (exact) mass is 364 g/mol. The summed E-state index contributed by atoms with van der Waals surface area (Å²) in [5, 5.41) is 0. The summed E-state index contributed by atoms with van der Waals surface area (Å²) in [6, 6.07) is 6.98. The second kappa shape index (κ2) is 6.40. The van der Waals surface area contributed by atoms with Crippen LogP contribution in [0.2, 0.25) is 0 Å². The number of rotatable bonds is 3. The van der Waals surface area contributed by atoms with Gasteiger partial charge in [-0.15, -0.1) is 0 Å². The van der Waals surface area contributed by atoms with Crippen LogP contribution < -0.4 is 0 Å². The Balaban J connectivity index is 1.75. The molecule has 1 aromatic rings. The van der Waals surface area contributed by atoms with Crippen molar-refractivity contribution < 1.29 is 13.2 Å². The van der Waals surface area contributed by atoms with Gasteiger partial charge in [0, 0.05) is 31.6 Å². The second-order valence-electron chi connectivity index (χ2n) is 8.30. The summed E-state index contributed by atoms with van der Waals surface area (Å²) in [5.41, 5.74) is 1.10. The first-order valence-electron chi connectivity index (χ1n) is 9.02. The molecule has 5 nitrogen and oxygen atoms in total. The second-order valence-corrected chi connectivity index (χ2v) is 10.2. The van der Waals surface area contributed by atoms with Crippen molar-refractivity contribution in [3.8, 4) is 0 Å². The molecule has 0 bridgehead atoms. The van der Waals surface area contributed by atoms with E-state index in [-0.39, 0.29) is 23.3 Å². The van der Waals surface area contributed by atoms with E-state index in [4.69, 9.17) is 0 Å². The molecule has 1 heterocycles. The van der Waals surface area contributed by atoms with Crippen molar-refractivity contribution in [1.82, 2.24) is 9.21 Å². The fourth-order valence-corrected chi connectivity index (χ4v) is 4.96. The van der Waals surface area contributed by atoms with Gasteiger partial charge >= 0.3 is 0 Å². The van der Waals surface area contributed by atoms with Gasteiger partial charge in [0.25, 0.3) is 0 Å². The van der Waals surface area contributed by atoms with Gasteiger partial charge in [0.05, 0.1) is 4.90 Å². The molecule has 1 atom stereocenters. The van der Waals surface area contributed by atoms with Gasteiger partial charge < -0.3 is 4.90 Å². The number of piperazine rings is 1. The van der Waals surface area contributed by atoms with Crippen molar-refractivity contribution in [2.45, 2.75) is 56.9 Å². The maximum Gasteiger partial charge on any atom is 0.243 e. The maximum absolute atomic E-state index is 13.0. The molecule has 0 radical (unpaired) electrons. The number of sulfonamides is 1. The molecule has 138 valence electrons. The Bertz CT molecular complexity index is 746. The SMILES string of the molecule is CC1CN(C(=O)C2CC2)CCN1S(=O)(=O)c1ccc(C(C)(C)C)cc1. The van der Waals surface area contributed by atoms with Crippen LogP contribution in [0.1, 0.15) is 46.1 Å². The first-order valence-corrected chi connectivity index (χ1v) is 10.5. The lowest BCUT2D eigenvalue weighted by molar-refractivity contribution is -0.134. The largest absolute Gasteiger partial charge is 0.340 e. The maximum atomic E-state index is 13.0. The van der Waals surface area contributed by atoms with Crippen LogP contribution in [0, 0.1) is 5.92 Å². The Morgan fingerprint density at radius 3 is 2.16 bits per heavy atom. The molecule has 1 saturated heterocycles. The molecule has 25 heavy (non-hydrogen) atoms. The average Bonchev–Trinajstić information content (AvgIpc) is 3.38. The molecule has 0 aromatic heterocycles. The van der Waals surface area contributed by atoms with Crippen LogP contribution in [0.3, 0.4) is 0 Å². The van der Waals surface area contributed by atoms with Crippen LogP contribution in [0.5, 0.6) is 0 Å². The Kier molecular flexibility index (Phi) is 4.71. The van der Waals surface area contributed by atoms with Gasteiger partial charge in [-0.1, -0.05) is 32.9 Å². The van der Waals surface area contributed by atoms with Crippen LogP contribution >= 0.6 is 0 Å². The lowest BCUT2D eigenvalue weighted by Crippen LogP contribution is -2.55. The molecule has 1 amide bonds. The van der Waals surface area contributed by atoms with Crippen molar-refractivity contribution in [3.63, 3.8) is 0 Å². The number of carbonyl (C=O) groups excluding carboxylic acids is 1. The highest BCUT2D eigenvalue weighted by molar-refractivity contribution is 7.89. The van der Waals surface area contributed by atoms with Gasteiger partial charge in [-0.25, -0.2) is 8.42 Å². The Labute approximate surface area is 151 Å². The van der Waals surface area contributed by atoms with E-state index in [9.17, 15) is 13.2 Å². The van der Waals surface area contributed by atoms with E-state index in [1.165, 1.54) is 4.31 Å². The topological polar surface area (TPSA) is 57.7 Å². The summed E-state index contributed by atoms with van der Waals surface area (Å²) in [4.78, 5) is 14.4. The minimum absolute atomic E-state index is 0.00954. The molecule has 1 saturated carbocycles. The molecule has 2 fully saturated rings. The Morgan fingerprint density at radius 2 is 1.68 bits per heavy atom. The average molecular weight is 365 g/mol. The zero-order chi connectivity index (χ0) is 18.4. The number of carbonyl (C=O) groups is 1. The number of nitrogens with zero attached hydrogens (tertiary/aromatic N) is 2. The third-order valence-electron chi connectivity index (χ3n) is 5.13. The normalized spacial score (nSPS) is 22.9. The van der Waals surface area contributed by atoms with Crippen molar-refractivity contribution >= 4 is 15.9 Å². The van der Waals surface area contributed by atoms with E-state index in [1.54, 1.807) is 12.1 Å². The van der Waals surface area contributed by atoms with Crippen molar-refractivity contribution in [3.05, 3.63) is 29.8 Å². The first-order chi connectivity index (χ1) is 11.6. The van der Waals surface area contributed by atoms with Crippen LogP contribution in [0.15, 0.2) is 29.2 Å². The third kappa shape index (κ3) is 3.75. The summed E-state index contributed by atoms with van der Waals surface area (Å²) in [6.45, 7) is 9.53. The summed E-state index contributed by atoms with van der Waals surface area (Å²) in [5.74, 6) is 0.374. The molecule has 1 aliphatic carbocycles. The number of amides is 1. The summed E-state index contributed by atoms with van der Waals surface area (Å²) >= 11 is 0. The first kappa shape index (κ1) is 18.4. The highest BCUT2D eigenvalue weighted by atomic mass is 32.2. The van der Waals surface area contributed by atoms with Gasteiger partial charge in [-0.3, -0.25) is 4.79 Å². The van der Waals surface area contributed by atoms with Crippen LogP contribution in [-0.2, 0) is 20.2 Å². The van der Waals surface area contributed by atoms with E-state index in [1.807, 2.05) is 24.0 Å². The zero-order valence-electron chi connectivity index (χ0n) is 15.5. The van der Waals surface area contributed by atoms with Crippen LogP contribution in [-0.4, -0.2) is 49.2 Å². The van der Waals surface area contributed by atoms with E-state index in [0.29, 0.717) is 24.5 Å². The highest BCUT2D eigenvalue weighted by Gasteiger charge is 2.39. The third-order valence-corrected chi connectivity index (χ3v) is 7.16. The molecule has 3 rings (SSSR count). The fraction of sp³-hybridized carbons (Fsp3) is 0.632. The van der Waals surface area contributed by atoms with Crippen LogP contribution in [0.4, 0.5) is 0 Å². The lowest BCUT2D eigenvalue weighted by Gasteiger charge is -2.39. The minimum atomic E-state index is -3.53. The summed E-state index contributed by atoms with van der Waals surface area (Å²) in [7, 11) is -3.53. The molecule has 6 heteroatoms. The van der Waals surface area contributed by atoms with E-state index < -0.39 is 10.0 Å². The van der Waals surface area contributed by atoms with Crippen LogP contribution in [0.25, 0.3) is 0 Å². The Hall–Kier alpha value is -1.40. The van der Waals surface area contributed by atoms with Gasteiger partial charge in [0.15, 0.2) is 0 Å². The lowest BCUT2D eigenvalue weighted by atomic mass is 9.87. The minimum Gasteiger partial charge on any atom is -0.340 e. The zero-order valence-corrected chi connectivity index (χ0v) is 16.3. The molecule has 1 unspecified atom stereocenters. The molecule has 1 aliphatic heterocycles.